The molecule has 2 amide bonds. The van der Waals surface area contributed by atoms with Crippen LogP contribution >= 0.6 is 0 Å². The van der Waals surface area contributed by atoms with E-state index in [1.165, 1.54) is 4.90 Å². The minimum absolute atomic E-state index is 0.268. The molecule has 31 heavy (non-hydrogen) atoms. The molecule has 2 heterocycles. The molecule has 2 aliphatic rings. The topological polar surface area (TPSA) is 59.1 Å². The molecule has 2 saturated heterocycles. The number of nitrogens with zero attached hydrogens (tertiary/aromatic N) is 2. The van der Waals surface area contributed by atoms with Crippen molar-refractivity contribution in [1.82, 2.24) is 0 Å². The number of hydrogen-bond acceptors (Lipinski definition) is 5. The predicted octanol–water partition coefficient (Wildman–Crippen LogP) is 4.14. The van der Waals surface area contributed by atoms with Gasteiger partial charge in [-0.05, 0) is 37.3 Å². The highest BCUT2D eigenvalue weighted by Gasteiger charge is 2.60. The van der Waals surface area contributed by atoms with Crippen molar-refractivity contribution in [2.75, 3.05) is 16.6 Å². The third kappa shape index (κ3) is 3.16. The Labute approximate surface area is 180 Å². The minimum Gasteiger partial charge on any atom is -0.494 e. The van der Waals surface area contributed by atoms with Crippen molar-refractivity contribution in [2.24, 2.45) is 5.92 Å². The molecule has 156 valence electrons. The zero-order valence-corrected chi connectivity index (χ0v) is 17.0. The molecule has 0 radical (unpaired) electrons. The number of hydroxylamine groups is 1. The molecule has 0 aliphatic carbocycles. The molecule has 0 N–H and O–H groups in total. The lowest BCUT2D eigenvalue weighted by atomic mass is 9.90. The number of carbonyl (C=O) groups is 2. The van der Waals surface area contributed by atoms with Gasteiger partial charge in [-0.2, -0.15) is 0 Å². The van der Waals surface area contributed by atoms with Crippen molar-refractivity contribution >= 4 is 23.2 Å². The normalized spacial score (nSPS) is 22.7. The smallest absolute Gasteiger partial charge is 0.266 e. The lowest BCUT2D eigenvalue weighted by Crippen LogP contribution is -2.37. The third-order valence-corrected chi connectivity index (χ3v) is 5.68. The Kier molecular flexibility index (Phi) is 4.92. The fourth-order valence-corrected chi connectivity index (χ4v) is 4.37. The molecule has 6 heteroatoms. The van der Waals surface area contributed by atoms with Gasteiger partial charge in [-0.3, -0.25) is 14.4 Å². The predicted molar refractivity (Wildman–Crippen MR) is 117 cm³/mol. The van der Waals surface area contributed by atoms with Crippen LogP contribution < -0.4 is 14.7 Å². The Morgan fingerprint density at radius 3 is 2.10 bits per heavy atom. The summed E-state index contributed by atoms with van der Waals surface area (Å²) in [6, 6.07) is 25.6. The standard InChI is InChI=1S/C25H22N2O4/c1-2-30-20-16-10-9-15-19(20)22-21-23(31-27(22)18-13-7-4-8-14-18)25(29)26(24(21)28)17-11-5-3-6-12-17/h3-16,21-23H,2H2,1H3/t21-,22-,23+/m1/s1. The number of rotatable bonds is 5. The zero-order valence-electron chi connectivity index (χ0n) is 17.0. The Balaban J connectivity index is 1.62. The van der Waals surface area contributed by atoms with Crippen molar-refractivity contribution < 1.29 is 19.2 Å². The van der Waals surface area contributed by atoms with Crippen LogP contribution in [0.3, 0.4) is 0 Å². The van der Waals surface area contributed by atoms with Crippen LogP contribution in [0.4, 0.5) is 11.4 Å². The summed E-state index contributed by atoms with van der Waals surface area (Å²) in [4.78, 5) is 34.3. The maximum Gasteiger partial charge on any atom is 0.266 e. The molecule has 3 aromatic rings. The lowest BCUT2D eigenvalue weighted by molar-refractivity contribution is -0.126. The van der Waals surface area contributed by atoms with Crippen molar-refractivity contribution in [3.63, 3.8) is 0 Å². The van der Waals surface area contributed by atoms with E-state index in [0.29, 0.717) is 18.0 Å². The highest BCUT2D eigenvalue weighted by atomic mass is 16.7. The SMILES string of the molecule is CCOc1ccccc1[C@@H]1[C@H]2C(=O)N(c3ccccc3)C(=O)[C@H]2ON1c1ccccc1. The van der Waals surface area contributed by atoms with Crippen LogP contribution in [0.15, 0.2) is 84.9 Å². The van der Waals surface area contributed by atoms with E-state index in [0.717, 1.165) is 11.3 Å². The van der Waals surface area contributed by atoms with Crippen LogP contribution in [0, 0.1) is 5.92 Å². The first-order valence-corrected chi connectivity index (χ1v) is 10.4. The number of imide groups is 1. The molecule has 3 atom stereocenters. The van der Waals surface area contributed by atoms with E-state index in [4.69, 9.17) is 9.57 Å². The zero-order chi connectivity index (χ0) is 21.4. The van der Waals surface area contributed by atoms with Gasteiger partial charge in [0, 0.05) is 5.56 Å². The second kappa shape index (κ2) is 7.89. The van der Waals surface area contributed by atoms with E-state index >= 15 is 0 Å². The molecule has 0 spiro atoms. The molecule has 3 aromatic carbocycles. The molecular formula is C25H22N2O4. The van der Waals surface area contributed by atoms with E-state index in [2.05, 4.69) is 0 Å². The Morgan fingerprint density at radius 1 is 0.806 bits per heavy atom. The van der Waals surface area contributed by atoms with Gasteiger partial charge in [0.15, 0.2) is 6.10 Å². The van der Waals surface area contributed by atoms with Crippen molar-refractivity contribution in [1.29, 1.82) is 0 Å². The first-order chi connectivity index (χ1) is 15.2. The number of fused-ring (bicyclic) bond motifs is 1. The summed E-state index contributed by atoms with van der Waals surface area (Å²) in [6.45, 7) is 2.41. The van der Waals surface area contributed by atoms with Gasteiger partial charge in [0.1, 0.15) is 11.7 Å². The summed E-state index contributed by atoms with van der Waals surface area (Å²) in [5.41, 5.74) is 2.15. The minimum atomic E-state index is -0.896. The Morgan fingerprint density at radius 2 is 1.42 bits per heavy atom. The number of para-hydroxylation sites is 3. The second-order valence-electron chi connectivity index (χ2n) is 7.48. The average Bonchev–Trinajstić information content (AvgIpc) is 3.31. The van der Waals surface area contributed by atoms with E-state index in [1.807, 2.05) is 79.7 Å². The van der Waals surface area contributed by atoms with Crippen molar-refractivity contribution in [3.8, 4) is 5.75 Å². The highest BCUT2D eigenvalue weighted by molar-refractivity contribution is 6.23. The first kappa shape index (κ1) is 19.3. The maximum atomic E-state index is 13.6. The molecule has 2 fully saturated rings. The molecule has 0 unspecified atom stereocenters. The van der Waals surface area contributed by atoms with E-state index in [9.17, 15) is 9.59 Å². The number of ether oxygens (including phenoxy) is 1. The van der Waals surface area contributed by atoms with Crippen LogP contribution in [0.1, 0.15) is 18.5 Å². The average molecular weight is 414 g/mol. The second-order valence-corrected chi connectivity index (χ2v) is 7.48. The van der Waals surface area contributed by atoms with Crippen LogP contribution in [-0.4, -0.2) is 24.5 Å². The van der Waals surface area contributed by atoms with Gasteiger partial charge in [-0.15, -0.1) is 0 Å². The Hall–Kier alpha value is -3.64. The van der Waals surface area contributed by atoms with Crippen LogP contribution in [-0.2, 0) is 14.4 Å². The maximum absolute atomic E-state index is 13.6. The van der Waals surface area contributed by atoms with Gasteiger partial charge in [-0.25, -0.2) is 9.96 Å². The van der Waals surface area contributed by atoms with Crippen LogP contribution in [0.5, 0.6) is 5.75 Å². The molecule has 2 aliphatic heterocycles. The number of anilines is 2. The summed E-state index contributed by atoms with van der Waals surface area (Å²) >= 11 is 0. The van der Waals surface area contributed by atoms with Gasteiger partial charge in [0.2, 0.25) is 5.91 Å². The monoisotopic (exact) mass is 414 g/mol. The molecule has 5 rings (SSSR count). The number of hydrogen-bond donors (Lipinski definition) is 0. The highest BCUT2D eigenvalue weighted by Crippen LogP contribution is 2.49. The molecule has 0 aromatic heterocycles. The van der Waals surface area contributed by atoms with Crippen molar-refractivity contribution in [3.05, 3.63) is 90.5 Å². The fourth-order valence-electron chi connectivity index (χ4n) is 4.37. The summed E-state index contributed by atoms with van der Waals surface area (Å²) in [5.74, 6) is -0.623. The molecule has 0 bridgehead atoms. The largest absolute Gasteiger partial charge is 0.494 e. The quantitative estimate of drug-likeness (QED) is 0.588. The lowest BCUT2D eigenvalue weighted by Gasteiger charge is -2.29. The van der Waals surface area contributed by atoms with E-state index < -0.39 is 18.1 Å². The van der Waals surface area contributed by atoms with Crippen molar-refractivity contribution in [2.45, 2.75) is 19.1 Å². The molecular weight excluding hydrogens is 392 g/mol. The number of amides is 2. The van der Waals surface area contributed by atoms with Gasteiger partial charge in [-0.1, -0.05) is 54.6 Å². The first-order valence-electron chi connectivity index (χ1n) is 10.4. The Bertz CT molecular complexity index is 1100. The fraction of sp³-hybridized carbons (Fsp3) is 0.200. The summed E-state index contributed by atoms with van der Waals surface area (Å²) in [7, 11) is 0. The molecule has 6 nitrogen and oxygen atoms in total. The van der Waals surface area contributed by atoms with E-state index in [-0.39, 0.29) is 11.8 Å². The third-order valence-electron chi connectivity index (χ3n) is 5.68. The summed E-state index contributed by atoms with van der Waals surface area (Å²) in [6.07, 6.45) is -0.896. The van der Waals surface area contributed by atoms with Crippen LogP contribution in [0.2, 0.25) is 0 Å². The number of benzene rings is 3. The molecule has 0 saturated carbocycles. The van der Waals surface area contributed by atoms with Gasteiger partial charge in [0.05, 0.1) is 24.0 Å². The summed E-state index contributed by atoms with van der Waals surface area (Å²) < 4.78 is 5.86. The van der Waals surface area contributed by atoms with Gasteiger partial charge in [0.25, 0.3) is 5.91 Å². The van der Waals surface area contributed by atoms with Crippen LogP contribution in [0.25, 0.3) is 0 Å². The van der Waals surface area contributed by atoms with Gasteiger partial charge < -0.3 is 4.74 Å². The number of carbonyl (C=O) groups excluding carboxylic acids is 2. The summed E-state index contributed by atoms with van der Waals surface area (Å²) in [5, 5.41) is 1.69. The van der Waals surface area contributed by atoms with E-state index in [1.54, 1.807) is 17.2 Å². The van der Waals surface area contributed by atoms with Gasteiger partial charge >= 0.3 is 0 Å².